The minimum Gasteiger partial charge on any atom is -0.274 e. The molecule has 0 radical (unpaired) electrons. The lowest BCUT2D eigenvalue weighted by atomic mass is 10.1. The Morgan fingerprint density at radius 2 is 1.73 bits per heavy atom. The molecule has 1 heterocycles. The SMILES string of the molecule is O=C(CCc1c(F)cccc1F)NS(=O)(=O)N1CCCCC1. The van der Waals surface area contributed by atoms with E-state index in [9.17, 15) is 22.0 Å². The summed E-state index contributed by atoms with van der Waals surface area (Å²) in [5, 5.41) is 0. The predicted octanol–water partition coefficient (Wildman–Crippen LogP) is 1.74. The molecule has 122 valence electrons. The molecule has 1 saturated heterocycles. The first-order valence-electron chi connectivity index (χ1n) is 7.14. The number of hydrogen-bond acceptors (Lipinski definition) is 3. The van der Waals surface area contributed by atoms with Gasteiger partial charge in [-0.15, -0.1) is 0 Å². The number of benzene rings is 1. The Morgan fingerprint density at radius 1 is 1.14 bits per heavy atom. The number of carbonyl (C=O) groups is 1. The van der Waals surface area contributed by atoms with E-state index in [0.29, 0.717) is 13.1 Å². The van der Waals surface area contributed by atoms with Gasteiger partial charge in [0.1, 0.15) is 11.6 Å². The van der Waals surface area contributed by atoms with Crippen LogP contribution in [-0.2, 0) is 21.4 Å². The molecule has 0 aromatic heterocycles. The Kier molecular flexibility index (Phi) is 5.47. The first-order chi connectivity index (χ1) is 10.4. The third-order valence-corrected chi connectivity index (χ3v) is 5.09. The zero-order chi connectivity index (χ0) is 16.2. The molecule has 0 bridgehead atoms. The number of hydrogen-bond donors (Lipinski definition) is 1. The third-order valence-electron chi connectivity index (χ3n) is 3.56. The highest BCUT2D eigenvalue weighted by atomic mass is 32.2. The second-order valence-corrected chi connectivity index (χ2v) is 6.86. The molecule has 22 heavy (non-hydrogen) atoms. The summed E-state index contributed by atoms with van der Waals surface area (Å²) in [6.45, 7) is 0.759. The van der Waals surface area contributed by atoms with E-state index in [1.165, 1.54) is 10.4 Å². The van der Waals surface area contributed by atoms with Gasteiger partial charge in [0.15, 0.2) is 0 Å². The van der Waals surface area contributed by atoms with Gasteiger partial charge in [0.25, 0.3) is 0 Å². The van der Waals surface area contributed by atoms with Crippen LogP contribution in [0.1, 0.15) is 31.2 Å². The Labute approximate surface area is 128 Å². The van der Waals surface area contributed by atoms with Gasteiger partial charge in [-0.2, -0.15) is 12.7 Å². The second-order valence-electron chi connectivity index (χ2n) is 5.19. The Balaban J connectivity index is 1.92. The van der Waals surface area contributed by atoms with E-state index >= 15 is 0 Å². The molecule has 0 saturated carbocycles. The van der Waals surface area contributed by atoms with Crippen LogP contribution in [0.25, 0.3) is 0 Å². The molecule has 1 aromatic carbocycles. The van der Waals surface area contributed by atoms with Crippen LogP contribution >= 0.6 is 0 Å². The van der Waals surface area contributed by atoms with Crippen molar-refractivity contribution in [3.05, 3.63) is 35.4 Å². The van der Waals surface area contributed by atoms with Gasteiger partial charge in [0.05, 0.1) is 0 Å². The number of halogens is 2. The molecular formula is C14H18F2N2O3S. The van der Waals surface area contributed by atoms with Gasteiger partial charge in [0, 0.05) is 25.1 Å². The maximum atomic E-state index is 13.4. The molecule has 1 aliphatic heterocycles. The van der Waals surface area contributed by atoms with Gasteiger partial charge >= 0.3 is 10.2 Å². The van der Waals surface area contributed by atoms with Crippen molar-refractivity contribution in [3.8, 4) is 0 Å². The fourth-order valence-electron chi connectivity index (χ4n) is 2.37. The molecule has 8 heteroatoms. The van der Waals surface area contributed by atoms with Crippen LogP contribution in [0.4, 0.5) is 8.78 Å². The van der Waals surface area contributed by atoms with E-state index in [-0.39, 0.29) is 18.4 Å². The fourth-order valence-corrected chi connectivity index (χ4v) is 3.63. The number of amides is 1. The number of piperidine rings is 1. The Morgan fingerprint density at radius 3 is 2.32 bits per heavy atom. The summed E-state index contributed by atoms with van der Waals surface area (Å²) in [7, 11) is -3.86. The molecule has 1 fully saturated rings. The lowest BCUT2D eigenvalue weighted by molar-refractivity contribution is -0.119. The van der Waals surface area contributed by atoms with Crippen molar-refractivity contribution < 1.29 is 22.0 Å². The highest BCUT2D eigenvalue weighted by Gasteiger charge is 2.25. The van der Waals surface area contributed by atoms with E-state index < -0.39 is 27.8 Å². The van der Waals surface area contributed by atoms with E-state index in [0.717, 1.165) is 31.4 Å². The molecule has 1 N–H and O–H groups in total. The standard InChI is InChI=1S/C14H18F2N2O3S/c15-12-5-4-6-13(16)11(12)7-8-14(19)17-22(20,21)18-9-2-1-3-10-18/h4-6H,1-3,7-10H2,(H,17,19). The monoisotopic (exact) mass is 332 g/mol. The average Bonchev–Trinajstić information content (AvgIpc) is 2.47. The molecule has 1 aromatic rings. The van der Waals surface area contributed by atoms with Gasteiger partial charge in [-0.25, -0.2) is 13.5 Å². The van der Waals surface area contributed by atoms with Crippen molar-refractivity contribution in [2.24, 2.45) is 0 Å². The second kappa shape index (κ2) is 7.15. The van der Waals surface area contributed by atoms with Crippen LogP contribution in [0.5, 0.6) is 0 Å². The van der Waals surface area contributed by atoms with Crippen LogP contribution in [0, 0.1) is 11.6 Å². The van der Waals surface area contributed by atoms with Crippen molar-refractivity contribution in [1.82, 2.24) is 9.03 Å². The smallest absolute Gasteiger partial charge is 0.274 e. The zero-order valence-corrected chi connectivity index (χ0v) is 12.8. The van der Waals surface area contributed by atoms with Crippen LogP contribution in [0.15, 0.2) is 18.2 Å². The van der Waals surface area contributed by atoms with Crippen LogP contribution in [0.3, 0.4) is 0 Å². The summed E-state index contributed by atoms with van der Waals surface area (Å²) in [6.07, 6.45) is 1.99. The van der Waals surface area contributed by atoms with Crippen molar-refractivity contribution in [2.75, 3.05) is 13.1 Å². The highest BCUT2D eigenvalue weighted by molar-refractivity contribution is 7.87. The minimum absolute atomic E-state index is 0.195. The molecule has 0 spiro atoms. The van der Waals surface area contributed by atoms with Crippen molar-refractivity contribution in [3.63, 3.8) is 0 Å². The lowest BCUT2D eigenvalue weighted by Gasteiger charge is -2.25. The van der Waals surface area contributed by atoms with Crippen LogP contribution < -0.4 is 4.72 Å². The molecule has 1 aliphatic rings. The average molecular weight is 332 g/mol. The summed E-state index contributed by atoms with van der Waals surface area (Å²) in [6, 6.07) is 3.43. The summed E-state index contributed by atoms with van der Waals surface area (Å²) in [5.41, 5.74) is -0.215. The molecule has 0 aliphatic carbocycles. The van der Waals surface area contributed by atoms with Crippen molar-refractivity contribution >= 4 is 16.1 Å². The molecule has 0 unspecified atom stereocenters. The van der Waals surface area contributed by atoms with E-state index in [2.05, 4.69) is 0 Å². The van der Waals surface area contributed by atoms with Crippen molar-refractivity contribution in [2.45, 2.75) is 32.1 Å². The maximum Gasteiger partial charge on any atom is 0.303 e. The summed E-state index contributed by atoms with van der Waals surface area (Å²) in [4.78, 5) is 11.7. The number of carbonyl (C=O) groups excluding carboxylic acids is 1. The quantitative estimate of drug-likeness (QED) is 0.893. The van der Waals surface area contributed by atoms with Crippen LogP contribution in [-0.4, -0.2) is 31.7 Å². The number of rotatable bonds is 5. The maximum absolute atomic E-state index is 13.4. The van der Waals surface area contributed by atoms with Gasteiger partial charge in [-0.05, 0) is 31.4 Å². The predicted molar refractivity (Wildman–Crippen MR) is 77.2 cm³/mol. The number of nitrogens with one attached hydrogen (secondary N) is 1. The van der Waals surface area contributed by atoms with E-state index in [4.69, 9.17) is 0 Å². The van der Waals surface area contributed by atoms with Gasteiger partial charge in [0.2, 0.25) is 5.91 Å². The van der Waals surface area contributed by atoms with Gasteiger partial charge < -0.3 is 0 Å². The van der Waals surface area contributed by atoms with Gasteiger partial charge in [-0.3, -0.25) is 4.79 Å². The third kappa shape index (κ3) is 4.23. The largest absolute Gasteiger partial charge is 0.303 e. The topological polar surface area (TPSA) is 66.5 Å². The minimum atomic E-state index is -3.86. The normalized spacial score (nSPS) is 16.5. The Hall–Kier alpha value is -1.54. The molecule has 5 nitrogen and oxygen atoms in total. The lowest BCUT2D eigenvalue weighted by Crippen LogP contribution is -2.45. The molecular weight excluding hydrogens is 314 g/mol. The molecule has 2 rings (SSSR count). The summed E-state index contributed by atoms with van der Waals surface area (Å²) in [5.74, 6) is -2.26. The van der Waals surface area contributed by atoms with Crippen LogP contribution in [0.2, 0.25) is 0 Å². The van der Waals surface area contributed by atoms with Crippen molar-refractivity contribution in [1.29, 1.82) is 0 Å². The van der Waals surface area contributed by atoms with E-state index in [1.54, 1.807) is 0 Å². The van der Waals surface area contributed by atoms with Gasteiger partial charge in [-0.1, -0.05) is 12.5 Å². The first-order valence-corrected chi connectivity index (χ1v) is 8.58. The van der Waals surface area contributed by atoms with E-state index in [1.807, 2.05) is 4.72 Å². The first kappa shape index (κ1) is 16.8. The zero-order valence-electron chi connectivity index (χ0n) is 12.0. The summed E-state index contributed by atoms with van der Waals surface area (Å²) < 4.78 is 54.0. The fraction of sp³-hybridized carbons (Fsp3) is 0.500. The molecule has 1 amide bonds. The highest BCUT2D eigenvalue weighted by Crippen LogP contribution is 2.15. The summed E-state index contributed by atoms with van der Waals surface area (Å²) >= 11 is 0. The number of nitrogens with zero attached hydrogens (tertiary/aromatic N) is 1. The molecule has 0 atom stereocenters. The Bertz CT molecular complexity index is 623.